The van der Waals surface area contributed by atoms with Crippen LogP contribution < -0.4 is 4.90 Å². The molecule has 3 rings (SSSR count). The molecule has 0 atom stereocenters. The van der Waals surface area contributed by atoms with Gasteiger partial charge < -0.3 is 0 Å². The Balaban J connectivity index is 1.93. The summed E-state index contributed by atoms with van der Waals surface area (Å²) < 4.78 is 0. The van der Waals surface area contributed by atoms with Crippen LogP contribution in [-0.4, -0.2) is 22.9 Å². The van der Waals surface area contributed by atoms with Crippen LogP contribution in [0, 0.1) is 0 Å². The summed E-state index contributed by atoms with van der Waals surface area (Å²) in [6.45, 7) is 0. The van der Waals surface area contributed by atoms with Crippen molar-refractivity contribution in [2.24, 2.45) is 4.99 Å². The van der Waals surface area contributed by atoms with Crippen molar-refractivity contribution in [1.29, 1.82) is 0 Å². The maximum absolute atomic E-state index is 11.8. The van der Waals surface area contributed by atoms with Gasteiger partial charge in [0.25, 0.3) is 0 Å². The SMILES string of the molecule is O=C1CS/C(=N\C2CC2)N1c1ccccc1. The predicted molar refractivity (Wildman–Crippen MR) is 66.8 cm³/mol. The fourth-order valence-electron chi connectivity index (χ4n) is 1.65. The number of rotatable bonds is 2. The molecule has 16 heavy (non-hydrogen) atoms. The van der Waals surface area contributed by atoms with Gasteiger partial charge in [-0.1, -0.05) is 30.0 Å². The fourth-order valence-corrected chi connectivity index (χ4v) is 2.59. The molecule has 0 spiro atoms. The van der Waals surface area contributed by atoms with E-state index in [4.69, 9.17) is 0 Å². The zero-order chi connectivity index (χ0) is 11.0. The second-order valence-corrected chi connectivity index (χ2v) is 4.94. The average molecular weight is 232 g/mol. The molecule has 3 nitrogen and oxygen atoms in total. The summed E-state index contributed by atoms with van der Waals surface area (Å²) in [6.07, 6.45) is 2.34. The summed E-state index contributed by atoms with van der Waals surface area (Å²) in [5.74, 6) is 0.649. The van der Waals surface area contributed by atoms with Crippen LogP contribution >= 0.6 is 11.8 Å². The highest BCUT2D eigenvalue weighted by atomic mass is 32.2. The van der Waals surface area contributed by atoms with Gasteiger partial charge in [0.2, 0.25) is 5.91 Å². The zero-order valence-corrected chi connectivity index (χ0v) is 9.61. The number of amidine groups is 1. The van der Waals surface area contributed by atoms with Gasteiger partial charge in [-0.05, 0) is 25.0 Å². The number of anilines is 1. The van der Waals surface area contributed by atoms with Crippen LogP contribution in [0.3, 0.4) is 0 Å². The standard InChI is InChI=1S/C12H12N2OS/c15-11-8-16-12(13-9-6-7-9)14(11)10-4-2-1-3-5-10/h1-5,9H,6-8H2/b13-12-. The molecule has 1 saturated carbocycles. The Hall–Kier alpha value is -1.29. The van der Waals surface area contributed by atoms with E-state index in [-0.39, 0.29) is 5.91 Å². The van der Waals surface area contributed by atoms with E-state index >= 15 is 0 Å². The molecule has 4 heteroatoms. The van der Waals surface area contributed by atoms with E-state index in [2.05, 4.69) is 4.99 Å². The van der Waals surface area contributed by atoms with Gasteiger partial charge in [0.1, 0.15) is 0 Å². The molecule has 1 aromatic rings. The smallest absolute Gasteiger partial charge is 0.243 e. The first-order chi connectivity index (χ1) is 7.84. The normalized spacial score (nSPS) is 23.1. The average Bonchev–Trinajstić information content (AvgIpc) is 3.04. The summed E-state index contributed by atoms with van der Waals surface area (Å²) in [5.41, 5.74) is 0.928. The molecule has 0 N–H and O–H groups in total. The van der Waals surface area contributed by atoms with Gasteiger partial charge >= 0.3 is 0 Å². The van der Waals surface area contributed by atoms with Crippen molar-refractivity contribution in [3.63, 3.8) is 0 Å². The molecule has 0 radical (unpaired) electrons. The Labute approximate surface area is 98.5 Å². The first kappa shape index (κ1) is 9.90. The molecule has 0 unspecified atom stereocenters. The van der Waals surface area contributed by atoms with Gasteiger partial charge in [0, 0.05) is 0 Å². The van der Waals surface area contributed by atoms with Crippen molar-refractivity contribution in [2.45, 2.75) is 18.9 Å². The van der Waals surface area contributed by atoms with Crippen LogP contribution in [0.2, 0.25) is 0 Å². The number of thioether (sulfide) groups is 1. The lowest BCUT2D eigenvalue weighted by atomic mass is 10.3. The highest BCUT2D eigenvalue weighted by Crippen LogP contribution is 2.31. The van der Waals surface area contributed by atoms with Crippen LogP contribution in [0.4, 0.5) is 5.69 Å². The van der Waals surface area contributed by atoms with Gasteiger partial charge in [-0.15, -0.1) is 0 Å². The molecule has 1 amide bonds. The lowest BCUT2D eigenvalue weighted by molar-refractivity contribution is -0.115. The number of benzene rings is 1. The lowest BCUT2D eigenvalue weighted by Crippen LogP contribution is -2.29. The summed E-state index contributed by atoms with van der Waals surface area (Å²) >= 11 is 1.55. The van der Waals surface area contributed by atoms with E-state index in [1.165, 1.54) is 12.8 Å². The van der Waals surface area contributed by atoms with Gasteiger partial charge in [-0.3, -0.25) is 14.7 Å². The second-order valence-electron chi connectivity index (χ2n) is 4.00. The number of carbonyl (C=O) groups is 1. The van der Waals surface area contributed by atoms with Crippen LogP contribution in [-0.2, 0) is 4.79 Å². The third kappa shape index (κ3) is 1.85. The third-order valence-corrected chi connectivity index (χ3v) is 3.56. The van der Waals surface area contributed by atoms with Gasteiger partial charge in [-0.25, -0.2) is 0 Å². The van der Waals surface area contributed by atoms with E-state index in [1.54, 1.807) is 16.7 Å². The van der Waals surface area contributed by atoms with E-state index in [0.717, 1.165) is 10.9 Å². The molecule has 0 aromatic heterocycles. The molecular formula is C12H12N2OS. The molecule has 1 heterocycles. The molecule has 1 aromatic carbocycles. The number of amides is 1. The van der Waals surface area contributed by atoms with Crippen molar-refractivity contribution < 1.29 is 4.79 Å². The number of para-hydroxylation sites is 1. The molecular weight excluding hydrogens is 220 g/mol. The topological polar surface area (TPSA) is 32.7 Å². The summed E-state index contributed by atoms with van der Waals surface area (Å²) in [4.78, 5) is 18.1. The number of aliphatic imine (C=N–C) groups is 1. The van der Waals surface area contributed by atoms with Crippen molar-refractivity contribution in [3.8, 4) is 0 Å². The zero-order valence-electron chi connectivity index (χ0n) is 8.80. The Bertz CT molecular complexity index is 440. The Kier molecular flexibility index (Phi) is 2.44. The van der Waals surface area contributed by atoms with Crippen LogP contribution in [0.5, 0.6) is 0 Å². The maximum atomic E-state index is 11.8. The van der Waals surface area contributed by atoms with Gasteiger partial charge in [-0.2, -0.15) is 0 Å². The van der Waals surface area contributed by atoms with Gasteiger partial charge in [0.05, 0.1) is 17.5 Å². The molecule has 2 aliphatic rings. The number of hydrogen-bond acceptors (Lipinski definition) is 3. The number of nitrogens with zero attached hydrogens (tertiary/aromatic N) is 2. The minimum atomic E-state index is 0.135. The second kappa shape index (κ2) is 3.94. The van der Waals surface area contributed by atoms with Crippen LogP contribution in [0.25, 0.3) is 0 Å². The minimum absolute atomic E-state index is 0.135. The Morgan fingerprint density at radius 3 is 2.69 bits per heavy atom. The fraction of sp³-hybridized carbons (Fsp3) is 0.333. The summed E-state index contributed by atoms with van der Waals surface area (Å²) in [5, 5.41) is 0.874. The summed E-state index contributed by atoms with van der Waals surface area (Å²) in [7, 11) is 0. The maximum Gasteiger partial charge on any atom is 0.243 e. The molecule has 1 saturated heterocycles. The minimum Gasteiger partial charge on any atom is -0.273 e. The quantitative estimate of drug-likeness (QED) is 0.783. The first-order valence-electron chi connectivity index (χ1n) is 5.43. The summed E-state index contributed by atoms with van der Waals surface area (Å²) in [6, 6.07) is 10.2. The largest absolute Gasteiger partial charge is 0.273 e. The van der Waals surface area contributed by atoms with E-state index in [9.17, 15) is 4.79 Å². The predicted octanol–water partition coefficient (Wildman–Crippen LogP) is 2.28. The Morgan fingerprint density at radius 2 is 2.00 bits per heavy atom. The van der Waals surface area contributed by atoms with Crippen molar-refractivity contribution >= 4 is 28.5 Å². The van der Waals surface area contributed by atoms with E-state index < -0.39 is 0 Å². The number of hydrogen-bond donors (Lipinski definition) is 0. The van der Waals surface area contributed by atoms with Crippen molar-refractivity contribution in [1.82, 2.24) is 0 Å². The molecule has 1 aliphatic carbocycles. The van der Waals surface area contributed by atoms with Crippen LogP contribution in [0.15, 0.2) is 35.3 Å². The van der Waals surface area contributed by atoms with Gasteiger partial charge in [0.15, 0.2) is 5.17 Å². The van der Waals surface area contributed by atoms with E-state index in [0.29, 0.717) is 11.8 Å². The van der Waals surface area contributed by atoms with Crippen molar-refractivity contribution in [2.75, 3.05) is 10.7 Å². The van der Waals surface area contributed by atoms with Crippen molar-refractivity contribution in [3.05, 3.63) is 30.3 Å². The highest BCUT2D eigenvalue weighted by Gasteiger charge is 2.32. The van der Waals surface area contributed by atoms with Crippen LogP contribution in [0.1, 0.15) is 12.8 Å². The third-order valence-electron chi connectivity index (χ3n) is 2.62. The lowest BCUT2D eigenvalue weighted by Gasteiger charge is -2.15. The number of carbonyl (C=O) groups excluding carboxylic acids is 1. The highest BCUT2D eigenvalue weighted by molar-refractivity contribution is 8.15. The molecule has 82 valence electrons. The first-order valence-corrected chi connectivity index (χ1v) is 6.42. The van der Waals surface area contributed by atoms with E-state index in [1.807, 2.05) is 30.3 Å². The Morgan fingerprint density at radius 1 is 1.25 bits per heavy atom. The molecule has 1 aliphatic heterocycles. The molecule has 2 fully saturated rings. The molecule has 0 bridgehead atoms. The monoisotopic (exact) mass is 232 g/mol.